The standard InChI is InChI=1S/C22H14FN5O4/c23-11-2-1-3-12(8-11)25-22(32)26-13-4-5-14-15(9-13)16(10-17(29)30)19-18(14)27-21(31)20-24-6-7-28(19)20/h1-10H,(H,27,31)(H,29,30)(H2,25,26,32). The Morgan fingerprint density at radius 2 is 1.88 bits per heavy atom. The molecule has 9 nitrogen and oxygen atoms in total. The molecule has 0 radical (unpaired) electrons. The summed E-state index contributed by atoms with van der Waals surface area (Å²) < 4.78 is 14.9. The number of fused-ring (bicyclic) bond motifs is 5. The Labute approximate surface area is 177 Å². The van der Waals surface area contributed by atoms with E-state index in [0.29, 0.717) is 32.7 Å². The molecular weight excluding hydrogens is 417 g/mol. The largest absolute Gasteiger partial charge is 0.478 e. The fourth-order valence-corrected chi connectivity index (χ4v) is 3.78. The van der Waals surface area contributed by atoms with Crippen LogP contribution in [0, 0.1) is 5.82 Å². The lowest BCUT2D eigenvalue weighted by Crippen LogP contribution is -2.19. The van der Waals surface area contributed by atoms with E-state index in [1.54, 1.807) is 30.5 Å². The summed E-state index contributed by atoms with van der Waals surface area (Å²) >= 11 is 0. The first-order valence-electron chi connectivity index (χ1n) is 9.43. The van der Waals surface area contributed by atoms with Gasteiger partial charge < -0.3 is 20.7 Å². The first-order chi connectivity index (χ1) is 15.4. The minimum atomic E-state index is -1.17. The van der Waals surface area contributed by atoms with Gasteiger partial charge in [-0.25, -0.2) is 19.0 Å². The van der Waals surface area contributed by atoms with Gasteiger partial charge in [0.15, 0.2) is 0 Å². The summed E-state index contributed by atoms with van der Waals surface area (Å²) in [5.74, 6) is -1.65. The molecule has 2 heterocycles. The third-order valence-corrected chi connectivity index (χ3v) is 5.00. The Morgan fingerprint density at radius 1 is 1.09 bits per heavy atom. The molecule has 0 aliphatic heterocycles. The summed E-state index contributed by atoms with van der Waals surface area (Å²) in [6.45, 7) is 0. The molecule has 3 aromatic carbocycles. The van der Waals surface area contributed by atoms with Crippen molar-refractivity contribution in [1.82, 2.24) is 14.4 Å². The molecule has 158 valence electrons. The number of carbonyl (C=O) groups excluding carboxylic acids is 1. The number of carbonyl (C=O) groups is 2. The maximum atomic E-state index is 13.3. The molecule has 0 unspecified atom stereocenters. The van der Waals surface area contributed by atoms with Crippen molar-refractivity contribution in [3.8, 4) is 0 Å². The van der Waals surface area contributed by atoms with Crippen LogP contribution >= 0.6 is 0 Å². The molecule has 0 fully saturated rings. The number of H-pyrrole nitrogens is 1. The number of carboxylic acid groups (broad SMARTS) is 1. The van der Waals surface area contributed by atoms with Gasteiger partial charge in [-0.2, -0.15) is 0 Å². The molecule has 4 N–H and O–H groups in total. The first kappa shape index (κ1) is 19.2. The van der Waals surface area contributed by atoms with Crippen LogP contribution in [-0.2, 0) is 4.79 Å². The molecule has 0 saturated heterocycles. The third-order valence-electron chi connectivity index (χ3n) is 5.00. The molecule has 0 aliphatic rings. The second-order valence-corrected chi connectivity index (χ2v) is 7.04. The molecule has 5 aromatic rings. The number of nitrogens with one attached hydrogen (secondary N) is 3. The van der Waals surface area contributed by atoms with Crippen LogP contribution in [0.15, 0.2) is 59.7 Å². The Hall–Kier alpha value is -4.73. The van der Waals surface area contributed by atoms with E-state index in [2.05, 4.69) is 20.6 Å². The highest BCUT2D eigenvalue weighted by Crippen LogP contribution is 2.25. The van der Waals surface area contributed by atoms with E-state index in [0.717, 1.165) is 6.08 Å². The second-order valence-electron chi connectivity index (χ2n) is 7.04. The lowest BCUT2D eigenvalue weighted by atomic mass is 10.2. The minimum Gasteiger partial charge on any atom is -0.478 e. The van der Waals surface area contributed by atoms with Gasteiger partial charge in [0.25, 0.3) is 5.56 Å². The number of aromatic nitrogens is 3. The van der Waals surface area contributed by atoms with E-state index < -0.39 is 23.4 Å². The Morgan fingerprint density at radius 3 is 2.62 bits per heavy atom. The van der Waals surface area contributed by atoms with Gasteiger partial charge in [-0.3, -0.25) is 9.20 Å². The second kappa shape index (κ2) is 7.20. The number of hydrogen-bond donors (Lipinski definition) is 4. The van der Waals surface area contributed by atoms with Crippen molar-refractivity contribution in [3.05, 3.63) is 76.2 Å². The van der Waals surface area contributed by atoms with Gasteiger partial charge in [0.1, 0.15) is 5.82 Å². The zero-order chi connectivity index (χ0) is 22.4. The van der Waals surface area contributed by atoms with E-state index in [1.165, 1.54) is 28.8 Å². The van der Waals surface area contributed by atoms with Gasteiger partial charge >= 0.3 is 12.0 Å². The van der Waals surface area contributed by atoms with Crippen molar-refractivity contribution in [2.75, 3.05) is 10.6 Å². The maximum absolute atomic E-state index is 13.3. The minimum absolute atomic E-state index is 0.140. The number of imidazole rings is 1. The van der Waals surface area contributed by atoms with Crippen molar-refractivity contribution in [1.29, 1.82) is 0 Å². The van der Waals surface area contributed by atoms with Gasteiger partial charge in [-0.15, -0.1) is 0 Å². The van der Waals surface area contributed by atoms with Crippen LogP contribution in [0.1, 0.15) is 0 Å². The number of aliphatic carboxylic acids is 1. The van der Waals surface area contributed by atoms with Crippen molar-refractivity contribution in [2.45, 2.75) is 0 Å². The number of nitrogens with zero attached hydrogens (tertiary/aromatic N) is 2. The van der Waals surface area contributed by atoms with Gasteiger partial charge in [0, 0.05) is 40.4 Å². The smallest absolute Gasteiger partial charge is 0.329 e. The molecule has 2 aromatic heterocycles. The lowest BCUT2D eigenvalue weighted by molar-refractivity contribution is -0.129. The predicted octanol–water partition coefficient (Wildman–Crippen LogP) is 2.70. The van der Waals surface area contributed by atoms with Crippen molar-refractivity contribution in [3.63, 3.8) is 0 Å². The molecule has 0 aliphatic carbocycles. The SMILES string of the molecule is O=C(O)C=c1c2cc(NC(=O)Nc3cccc(F)c3)ccc2c2[nH]c(=O)c3nccn3c12. The highest BCUT2D eigenvalue weighted by Gasteiger charge is 2.16. The number of anilines is 2. The summed E-state index contributed by atoms with van der Waals surface area (Å²) in [4.78, 5) is 43.0. The topological polar surface area (TPSA) is 129 Å². The van der Waals surface area contributed by atoms with Crippen LogP contribution in [0.4, 0.5) is 20.6 Å². The molecule has 2 amide bonds. The summed E-state index contributed by atoms with van der Waals surface area (Å²) in [6, 6.07) is 9.76. The fourth-order valence-electron chi connectivity index (χ4n) is 3.78. The van der Waals surface area contributed by atoms with Gasteiger partial charge in [0.05, 0.1) is 11.0 Å². The number of halogens is 1. The van der Waals surface area contributed by atoms with Crippen LogP contribution in [0.2, 0.25) is 0 Å². The van der Waals surface area contributed by atoms with Crippen LogP contribution in [-0.4, -0.2) is 31.5 Å². The maximum Gasteiger partial charge on any atom is 0.329 e. The molecule has 32 heavy (non-hydrogen) atoms. The van der Waals surface area contributed by atoms with Gasteiger partial charge in [-0.1, -0.05) is 12.1 Å². The summed E-state index contributed by atoms with van der Waals surface area (Å²) in [5, 5.41) is 16.1. The molecule has 5 rings (SSSR count). The van der Waals surface area contributed by atoms with Gasteiger partial charge in [0.2, 0.25) is 5.65 Å². The summed E-state index contributed by atoms with van der Waals surface area (Å²) in [7, 11) is 0. The number of aromatic amines is 1. The molecule has 10 heteroatoms. The fraction of sp³-hybridized carbons (Fsp3) is 0. The molecular formula is C22H14FN5O4. The zero-order valence-electron chi connectivity index (χ0n) is 16.2. The molecule has 0 saturated carbocycles. The highest BCUT2D eigenvalue weighted by atomic mass is 19.1. The number of benzene rings is 2. The van der Waals surface area contributed by atoms with Crippen molar-refractivity contribution < 1.29 is 19.1 Å². The number of urea groups is 1. The van der Waals surface area contributed by atoms with E-state index >= 15 is 0 Å². The number of carboxylic acids is 1. The molecule has 0 spiro atoms. The monoisotopic (exact) mass is 431 g/mol. The zero-order valence-corrected chi connectivity index (χ0v) is 16.2. The summed E-state index contributed by atoms with van der Waals surface area (Å²) in [5.41, 5.74) is 1.33. The molecule has 0 atom stereocenters. The van der Waals surface area contributed by atoms with Crippen molar-refractivity contribution in [2.24, 2.45) is 0 Å². The van der Waals surface area contributed by atoms with Crippen molar-refractivity contribution >= 4 is 56.9 Å². The van der Waals surface area contributed by atoms with E-state index in [4.69, 9.17) is 0 Å². The highest BCUT2D eigenvalue weighted by molar-refractivity contribution is 6.14. The number of amides is 2. The van der Waals surface area contributed by atoms with E-state index in [1.807, 2.05) is 0 Å². The Balaban J connectivity index is 1.64. The van der Waals surface area contributed by atoms with E-state index in [-0.39, 0.29) is 11.3 Å². The van der Waals surface area contributed by atoms with E-state index in [9.17, 15) is 23.9 Å². The number of hydrogen-bond acceptors (Lipinski definition) is 4. The third kappa shape index (κ3) is 3.19. The lowest BCUT2D eigenvalue weighted by Gasteiger charge is -2.08. The average molecular weight is 431 g/mol. The Kier molecular flexibility index (Phi) is 4.33. The van der Waals surface area contributed by atoms with Gasteiger partial charge in [-0.05, 0) is 35.7 Å². The van der Waals surface area contributed by atoms with Crippen LogP contribution in [0.3, 0.4) is 0 Å². The average Bonchev–Trinajstić information content (AvgIpc) is 3.32. The Bertz CT molecular complexity index is 1670. The molecule has 0 bridgehead atoms. The summed E-state index contributed by atoms with van der Waals surface area (Å²) in [6.07, 6.45) is 4.07. The first-order valence-corrected chi connectivity index (χ1v) is 9.43. The van der Waals surface area contributed by atoms with Crippen LogP contribution in [0.25, 0.3) is 33.5 Å². The predicted molar refractivity (Wildman–Crippen MR) is 117 cm³/mol. The number of rotatable bonds is 3. The normalized spacial score (nSPS) is 12.0. The van der Waals surface area contributed by atoms with Crippen LogP contribution in [0.5, 0.6) is 0 Å². The van der Waals surface area contributed by atoms with Crippen LogP contribution < -0.4 is 21.4 Å². The quantitative estimate of drug-likeness (QED) is 0.349.